The molecule has 0 amide bonds. The molecule has 0 bridgehead atoms. The van der Waals surface area contributed by atoms with Crippen molar-refractivity contribution in [3.05, 3.63) is 18.0 Å². The van der Waals surface area contributed by atoms with E-state index in [1.165, 1.54) is 19.4 Å². The van der Waals surface area contributed by atoms with Crippen molar-refractivity contribution in [3.8, 4) is 0 Å². The van der Waals surface area contributed by atoms with Gasteiger partial charge in [0.1, 0.15) is 0 Å². The Morgan fingerprint density at radius 1 is 1.40 bits per heavy atom. The van der Waals surface area contributed by atoms with E-state index in [0.717, 1.165) is 18.8 Å². The van der Waals surface area contributed by atoms with E-state index in [2.05, 4.69) is 29.4 Å². The van der Waals surface area contributed by atoms with Gasteiger partial charge in [-0.05, 0) is 46.1 Å². The van der Waals surface area contributed by atoms with Crippen molar-refractivity contribution in [2.24, 2.45) is 7.05 Å². The average molecular weight is 210 g/mol. The second-order valence-electron chi connectivity index (χ2n) is 4.17. The lowest BCUT2D eigenvalue weighted by atomic mass is 10.3. The van der Waals surface area contributed by atoms with Crippen LogP contribution in [0.5, 0.6) is 0 Å². The third-order valence-electron chi connectivity index (χ3n) is 2.28. The highest BCUT2D eigenvalue weighted by molar-refractivity contribution is 4.97. The number of nitrogens with zero attached hydrogens (tertiary/aromatic N) is 3. The summed E-state index contributed by atoms with van der Waals surface area (Å²) >= 11 is 0. The summed E-state index contributed by atoms with van der Waals surface area (Å²) < 4.78 is 1.84. The van der Waals surface area contributed by atoms with E-state index in [4.69, 9.17) is 0 Å². The second kappa shape index (κ2) is 6.58. The van der Waals surface area contributed by atoms with Crippen LogP contribution in [0.1, 0.15) is 18.5 Å². The van der Waals surface area contributed by atoms with Gasteiger partial charge in [0, 0.05) is 19.8 Å². The molecule has 0 unspecified atom stereocenters. The summed E-state index contributed by atoms with van der Waals surface area (Å²) in [5, 5.41) is 7.70. The molecule has 0 fully saturated rings. The first kappa shape index (κ1) is 12.2. The van der Waals surface area contributed by atoms with Gasteiger partial charge >= 0.3 is 0 Å². The van der Waals surface area contributed by atoms with Crippen molar-refractivity contribution in [3.63, 3.8) is 0 Å². The Bertz CT molecular complexity index is 267. The van der Waals surface area contributed by atoms with Crippen LogP contribution < -0.4 is 5.32 Å². The van der Waals surface area contributed by atoms with Crippen LogP contribution in [-0.2, 0) is 13.6 Å². The van der Waals surface area contributed by atoms with Crippen LogP contribution >= 0.6 is 0 Å². The minimum Gasteiger partial charge on any atom is -0.311 e. The molecule has 0 aliphatic rings. The predicted octanol–water partition coefficient (Wildman–Crippen LogP) is 0.851. The van der Waals surface area contributed by atoms with E-state index in [1.807, 2.05) is 24.0 Å². The number of aromatic nitrogens is 2. The smallest absolute Gasteiger partial charge is 0.0762 e. The quantitative estimate of drug-likeness (QED) is 0.677. The summed E-state index contributed by atoms with van der Waals surface area (Å²) in [6.07, 6.45) is 4.45. The van der Waals surface area contributed by atoms with Crippen molar-refractivity contribution in [2.75, 3.05) is 27.2 Å². The van der Waals surface area contributed by atoms with Gasteiger partial charge in [0.15, 0.2) is 0 Å². The molecule has 0 aliphatic carbocycles. The molecule has 0 radical (unpaired) electrons. The summed E-state index contributed by atoms with van der Waals surface area (Å²) in [5.74, 6) is 0. The maximum absolute atomic E-state index is 4.30. The van der Waals surface area contributed by atoms with Gasteiger partial charge in [0.05, 0.1) is 5.69 Å². The largest absolute Gasteiger partial charge is 0.311 e. The van der Waals surface area contributed by atoms with E-state index >= 15 is 0 Å². The molecule has 4 nitrogen and oxygen atoms in total. The number of unbranched alkanes of at least 4 members (excludes halogenated alkanes) is 1. The molecule has 1 aromatic rings. The topological polar surface area (TPSA) is 33.1 Å². The van der Waals surface area contributed by atoms with Crippen LogP contribution in [0, 0.1) is 0 Å². The Labute approximate surface area is 92.3 Å². The Hall–Kier alpha value is -0.870. The molecule has 1 rings (SSSR count). The molecule has 1 N–H and O–H groups in total. The van der Waals surface area contributed by atoms with Gasteiger partial charge in [0.2, 0.25) is 0 Å². The Kier molecular flexibility index (Phi) is 5.36. The van der Waals surface area contributed by atoms with Crippen molar-refractivity contribution < 1.29 is 0 Å². The lowest BCUT2D eigenvalue weighted by Crippen LogP contribution is -2.18. The zero-order valence-electron chi connectivity index (χ0n) is 10.0. The molecule has 1 aromatic heterocycles. The van der Waals surface area contributed by atoms with Crippen LogP contribution in [0.4, 0.5) is 0 Å². The van der Waals surface area contributed by atoms with E-state index in [9.17, 15) is 0 Å². The minimum atomic E-state index is 0.878. The highest BCUT2D eigenvalue weighted by atomic mass is 15.3. The molecule has 0 spiro atoms. The number of hydrogen-bond donors (Lipinski definition) is 1. The molecule has 15 heavy (non-hydrogen) atoms. The van der Waals surface area contributed by atoms with Gasteiger partial charge in [-0.2, -0.15) is 5.10 Å². The van der Waals surface area contributed by atoms with Gasteiger partial charge in [-0.1, -0.05) is 0 Å². The third kappa shape index (κ3) is 5.54. The van der Waals surface area contributed by atoms with Crippen molar-refractivity contribution in [2.45, 2.75) is 19.4 Å². The zero-order chi connectivity index (χ0) is 11.1. The van der Waals surface area contributed by atoms with Crippen molar-refractivity contribution in [1.82, 2.24) is 20.0 Å². The van der Waals surface area contributed by atoms with Crippen LogP contribution in [0.15, 0.2) is 12.3 Å². The normalized spacial score (nSPS) is 11.2. The summed E-state index contributed by atoms with van der Waals surface area (Å²) in [5.41, 5.74) is 1.12. The number of rotatable bonds is 7. The molecule has 0 atom stereocenters. The summed E-state index contributed by atoms with van der Waals surface area (Å²) in [6, 6.07) is 2.05. The zero-order valence-corrected chi connectivity index (χ0v) is 10.0. The maximum Gasteiger partial charge on any atom is 0.0762 e. The standard InChI is InChI=1S/C11H22N4/c1-14(2)8-5-4-7-12-10-11-6-9-15(3)13-11/h6,9,12H,4-5,7-8,10H2,1-3H3. The van der Waals surface area contributed by atoms with Crippen LogP contribution in [0.3, 0.4) is 0 Å². The van der Waals surface area contributed by atoms with Gasteiger partial charge in [-0.25, -0.2) is 0 Å². The molecule has 4 heteroatoms. The highest BCUT2D eigenvalue weighted by Crippen LogP contribution is 1.94. The van der Waals surface area contributed by atoms with E-state index < -0.39 is 0 Å². The molecule has 0 aliphatic heterocycles. The third-order valence-corrected chi connectivity index (χ3v) is 2.28. The Morgan fingerprint density at radius 2 is 2.20 bits per heavy atom. The first-order chi connectivity index (χ1) is 7.18. The van der Waals surface area contributed by atoms with Gasteiger partial charge in [0.25, 0.3) is 0 Å². The molecular weight excluding hydrogens is 188 g/mol. The fourth-order valence-electron chi connectivity index (χ4n) is 1.45. The lowest BCUT2D eigenvalue weighted by Gasteiger charge is -2.08. The minimum absolute atomic E-state index is 0.878. The summed E-state index contributed by atoms with van der Waals surface area (Å²) in [4.78, 5) is 2.22. The maximum atomic E-state index is 4.30. The van der Waals surface area contributed by atoms with Crippen molar-refractivity contribution in [1.29, 1.82) is 0 Å². The van der Waals surface area contributed by atoms with Gasteiger partial charge in [-0.3, -0.25) is 4.68 Å². The number of aryl methyl sites for hydroxylation is 1. The summed E-state index contributed by atoms with van der Waals surface area (Å²) in [7, 11) is 6.17. The summed E-state index contributed by atoms with van der Waals surface area (Å²) in [6.45, 7) is 3.12. The molecule has 1 heterocycles. The van der Waals surface area contributed by atoms with E-state index in [0.29, 0.717) is 0 Å². The Morgan fingerprint density at radius 3 is 2.80 bits per heavy atom. The fourth-order valence-corrected chi connectivity index (χ4v) is 1.45. The van der Waals surface area contributed by atoms with Gasteiger partial charge < -0.3 is 10.2 Å². The van der Waals surface area contributed by atoms with Crippen LogP contribution in [0.25, 0.3) is 0 Å². The molecular formula is C11H22N4. The van der Waals surface area contributed by atoms with Crippen molar-refractivity contribution >= 4 is 0 Å². The predicted molar refractivity (Wildman–Crippen MR) is 62.7 cm³/mol. The highest BCUT2D eigenvalue weighted by Gasteiger charge is 1.95. The fraction of sp³-hybridized carbons (Fsp3) is 0.727. The first-order valence-corrected chi connectivity index (χ1v) is 5.52. The second-order valence-corrected chi connectivity index (χ2v) is 4.17. The monoisotopic (exact) mass is 210 g/mol. The van der Waals surface area contributed by atoms with E-state index in [-0.39, 0.29) is 0 Å². The molecule has 0 aromatic carbocycles. The number of nitrogens with one attached hydrogen (secondary N) is 1. The van der Waals surface area contributed by atoms with Crippen LogP contribution in [0.2, 0.25) is 0 Å². The van der Waals surface area contributed by atoms with Crippen LogP contribution in [-0.4, -0.2) is 41.9 Å². The van der Waals surface area contributed by atoms with E-state index in [1.54, 1.807) is 0 Å². The Balaban J connectivity index is 1.98. The molecule has 0 saturated heterocycles. The molecule has 86 valence electrons. The molecule has 0 saturated carbocycles. The number of hydrogen-bond acceptors (Lipinski definition) is 3. The first-order valence-electron chi connectivity index (χ1n) is 5.52. The SMILES string of the molecule is CN(C)CCCCNCc1ccn(C)n1. The van der Waals surface area contributed by atoms with Gasteiger partial charge in [-0.15, -0.1) is 0 Å². The lowest BCUT2D eigenvalue weighted by molar-refractivity contribution is 0.391. The average Bonchev–Trinajstić information content (AvgIpc) is 2.57.